The van der Waals surface area contributed by atoms with Crippen molar-refractivity contribution < 1.29 is 27.4 Å². The van der Waals surface area contributed by atoms with Gasteiger partial charge in [0.25, 0.3) is 0 Å². The molecule has 0 amide bonds. The number of fused-ring (bicyclic) bond motifs is 3. The molecule has 2 heterocycles. The molecule has 1 saturated heterocycles. The molecule has 1 fully saturated rings. The molecule has 1 aromatic carbocycles. The summed E-state index contributed by atoms with van der Waals surface area (Å²) < 4.78 is 55.6. The van der Waals surface area contributed by atoms with Crippen LogP contribution in [-0.4, -0.2) is 49.6 Å². The standard InChI is InChI=1S/C23H33BrF3NO3/c1-22(2,3)31-15-7-8-18-17-13-19(29-4)21(30-12-6-5-10-23(25,26)27)20(24)16(17)9-11-28(18)14-15/h13,15,18H,5-12,14H2,1-4H3. The van der Waals surface area contributed by atoms with Crippen LogP contribution >= 0.6 is 15.9 Å². The Kier molecular flexibility index (Phi) is 7.85. The number of alkyl halides is 3. The lowest BCUT2D eigenvalue weighted by Crippen LogP contribution is -2.47. The summed E-state index contributed by atoms with van der Waals surface area (Å²) in [5.41, 5.74) is 2.31. The third-order valence-electron chi connectivity index (χ3n) is 5.81. The van der Waals surface area contributed by atoms with Crippen LogP contribution in [0.15, 0.2) is 10.5 Å². The lowest BCUT2D eigenvalue weighted by Gasteiger charge is -2.45. The number of methoxy groups -OCH3 is 1. The Labute approximate surface area is 191 Å². The molecule has 0 radical (unpaired) electrons. The van der Waals surface area contributed by atoms with Gasteiger partial charge in [0.15, 0.2) is 11.5 Å². The van der Waals surface area contributed by atoms with Crippen molar-refractivity contribution in [3.05, 3.63) is 21.7 Å². The number of piperidine rings is 1. The minimum atomic E-state index is -4.12. The van der Waals surface area contributed by atoms with Crippen LogP contribution in [0.2, 0.25) is 0 Å². The molecular weight excluding hydrogens is 475 g/mol. The first-order valence-corrected chi connectivity index (χ1v) is 11.8. The van der Waals surface area contributed by atoms with Crippen molar-refractivity contribution in [2.24, 2.45) is 0 Å². The number of rotatable bonds is 7. The van der Waals surface area contributed by atoms with Gasteiger partial charge in [-0.3, -0.25) is 4.90 Å². The Morgan fingerprint density at radius 1 is 1.16 bits per heavy atom. The molecule has 0 saturated carbocycles. The number of benzene rings is 1. The fourth-order valence-corrected chi connectivity index (χ4v) is 5.30. The largest absolute Gasteiger partial charge is 0.493 e. The number of unbranched alkanes of at least 4 members (excludes halogenated alkanes) is 1. The van der Waals surface area contributed by atoms with Gasteiger partial charge >= 0.3 is 6.18 Å². The van der Waals surface area contributed by atoms with E-state index >= 15 is 0 Å². The van der Waals surface area contributed by atoms with Gasteiger partial charge in [0.05, 0.1) is 29.9 Å². The summed E-state index contributed by atoms with van der Waals surface area (Å²) >= 11 is 3.70. The zero-order valence-electron chi connectivity index (χ0n) is 18.8. The van der Waals surface area contributed by atoms with Gasteiger partial charge in [-0.15, -0.1) is 0 Å². The third kappa shape index (κ3) is 6.51. The Hall–Kier alpha value is -0.990. The van der Waals surface area contributed by atoms with Gasteiger partial charge in [0.1, 0.15) is 0 Å². The molecule has 2 atom stereocenters. The molecule has 0 aromatic heterocycles. The van der Waals surface area contributed by atoms with E-state index in [1.54, 1.807) is 7.11 Å². The maximum Gasteiger partial charge on any atom is 0.389 e. The highest BCUT2D eigenvalue weighted by atomic mass is 79.9. The first-order valence-electron chi connectivity index (χ1n) is 11.0. The van der Waals surface area contributed by atoms with E-state index in [0.29, 0.717) is 24.0 Å². The maximum absolute atomic E-state index is 12.3. The second-order valence-corrected chi connectivity index (χ2v) is 10.2. The zero-order chi connectivity index (χ0) is 22.8. The number of halogens is 4. The van der Waals surface area contributed by atoms with Crippen molar-refractivity contribution in [3.8, 4) is 11.5 Å². The molecule has 4 nitrogen and oxygen atoms in total. The van der Waals surface area contributed by atoms with Gasteiger partial charge in [0, 0.05) is 25.6 Å². The number of hydrogen-bond donors (Lipinski definition) is 0. The third-order valence-corrected chi connectivity index (χ3v) is 6.65. The molecule has 0 N–H and O–H groups in total. The molecule has 0 spiro atoms. The van der Waals surface area contributed by atoms with E-state index in [1.165, 1.54) is 11.1 Å². The molecule has 1 aromatic rings. The van der Waals surface area contributed by atoms with Crippen LogP contribution in [0.25, 0.3) is 0 Å². The van der Waals surface area contributed by atoms with Crippen LogP contribution in [0, 0.1) is 0 Å². The number of ether oxygens (including phenoxy) is 3. The van der Waals surface area contributed by atoms with Crippen LogP contribution in [-0.2, 0) is 11.2 Å². The minimum absolute atomic E-state index is 0.0587. The van der Waals surface area contributed by atoms with E-state index in [4.69, 9.17) is 14.2 Å². The summed E-state index contributed by atoms with van der Waals surface area (Å²) in [6.07, 6.45) is -1.36. The average Bonchev–Trinajstić information content (AvgIpc) is 2.66. The monoisotopic (exact) mass is 507 g/mol. The van der Waals surface area contributed by atoms with Crippen molar-refractivity contribution in [1.82, 2.24) is 4.90 Å². The average molecular weight is 508 g/mol. The lowest BCUT2D eigenvalue weighted by atomic mass is 9.85. The van der Waals surface area contributed by atoms with Crippen LogP contribution in [0.1, 0.15) is 70.0 Å². The first-order chi connectivity index (χ1) is 14.5. The summed E-state index contributed by atoms with van der Waals surface area (Å²) in [6.45, 7) is 8.37. The van der Waals surface area contributed by atoms with E-state index in [1.807, 2.05) is 6.07 Å². The summed E-state index contributed by atoms with van der Waals surface area (Å²) in [6, 6.07) is 2.36. The van der Waals surface area contributed by atoms with Crippen LogP contribution in [0.5, 0.6) is 11.5 Å². The molecule has 3 rings (SSSR count). The molecule has 176 valence electrons. The fraction of sp³-hybridized carbons (Fsp3) is 0.739. The fourth-order valence-electron chi connectivity index (χ4n) is 4.56. The number of hydrogen-bond acceptors (Lipinski definition) is 4. The quantitative estimate of drug-likeness (QED) is 0.397. The summed E-state index contributed by atoms with van der Waals surface area (Å²) in [5, 5.41) is 0. The second kappa shape index (κ2) is 9.87. The van der Waals surface area contributed by atoms with Crippen molar-refractivity contribution in [2.75, 3.05) is 26.8 Å². The van der Waals surface area contributed by atoms with E-state index in [-0.39, 0.29) is 24.7 Å². The van der Waals surface area contributed by atoms with Crippen molar-refractivity contribution >= 4 is 15.9 Å². The van der Waals surface area contributed by atoms with Crippen molar-refractivity contribution in [1.29, 1.82) is 0 Å². The lowest BCUT2D eigenvalue weighted by molar-refractivity contribution is -0.135. The van der Waals surface area contributed by atoms with Gasteiger partial charge in [-0.1, -0.05) is 0 Å². The van der Waals surface area contributed by atoms with Crippen LogP contribution in [0.3, 0.4) is 0 Å². The van der Waals surface area contributed by atoms with E-state index < -0.39 is 12.6 Å². The Morgan fingerprint density at radius 3 is 2.55 bits per heavy atom. The SMILES string of the molecule is COc1cc2c(c(Br)c1OCCCCC(F)(F)F)CCN1CC(OC(C)(C)C)CCC21. The van der Waals surface area contributed by atoms with Crippen molar-refractivity contribution in [2.45, 2.75) is 83.2 Å². The van der Waals surface area contributed by atoms with Crippen LogP contribution < -0.4 is 9.47 Å². The summed E-state index contributed by atoms with van der Waals surface area (Å²) in [5.74, 6) is 1.21. The molecule has 0 aliphatic carbocycles. The summed E-state index contributed by atoms with van der Waals surface area (Å²) in [7, 11) is 1.60. The number of nitrogens with zero attached hydrogens (tertiary/aromatic N) is 1. The van der Waals surface area contributed by atoms with Crippen molar-refractivity contribution in [3.63, 3.8) is 0 Å². The van der Waals surface area contributed by atoms with Gasteiger partial charge in [0.2, 0.25) is 0 Å². The van der Waals surface area contributed by atoms with Gasteiger partial charge in [-0.25, -0.2) is 0 Å². The maximum atomic E-state index is 12.3. The highest BCUT2D eigenvalue weighted by Gasteiger charge is 2.37. The topological polar surface area (TPSA) is 30.9 Å². The summed E-state index contributed by atoms with van der Waals surface area (Å²) in [4.78, 5) is 2.49. The molecule has 31 heavy (non-hydrogen) atoms. The first kappa shape index (κ1) is 24.6. The molecule has 0 bridgehead atoms. The predicted octanol–water partition coefficient (Wildman–Crippen LogP) is 6.45. The van der Waals surface area contributed by atoms with E-state index in [2.05, 4.69) is 41.6 Å². The van der Waals surface area contributed by atoms with Crippen LogP contribution in [0.4, 0.5) is 13.2 Å². The van der Waals surface area contributed by atoms with E-state index in [0.717, 1.165) is 36.8 Å². The predicted molar refractivity (Wildman–Crippen MR) is 118 cm³/mol. The molecule has 2 unspecified atom stereocenters. The molecule has 2 aliphatic heterocycles. The Morgan fingerprint density at radius 2 is 1.90 bits per heavy atom. The second-order valence-electron chi connectivity index (χ2n) is 9.40. The highest BCUT2D eigenvalue weighted by molar-refractivity contribution is 9.10. The molecule has 8 heteroatoms. The minimum Gasteiger partial charge on any atom is -0.493 e. The van der Waals surface area contributed by atoms with E-state index in [9.17, 15) is 13.2 Å². The van der Waals surface area contributed by atoms with Gasteiger partial charge < -0.3 is 14.2 Å². The smallest absolute Gasteiger partial charge is 0.389 e. The molecule has 2 aliphatic rings. The molecular formula is C23H33BrF3NO3. The zero-order valence-corrected chi connectivity index (χ0v) is 20.4. The normalized spacial score (nSPS) is 22.1. The van der Waals surface area contributed by atoms with Gasteiger partial charge in [-0.05, 0) is 86.0 Å². The van der Waals surface area contributed by atoms with Gasteiger partial charge in [-0.2, -0.15) is 13.2 Å². The highest BCUT2D eigenvalue weighted by Crippen LogP contribution is 2.47. The Bertz CT molecular complexity index is 764. The Balaban J connectivity index is 1.70.